The van der Waals surface area contributed by atoms with Crippen molar-refractivity contribution in [3.63, 3.8) is 0 Å². The van der Waals surface area contributed by atoms with Gasteiger partial charge in [0.25, 0.3) is 0 Å². The first-order chi connectivity index (χ1) is 11.6. The number of hydrogen-bond donors (Lipinski definition) is 0. The molecule has 4 heteroatoms. The molecule has 0 bridgehead atoms. The summed E-state index contributed by atoms with van der Waals surface area (Å²) in [5, 5.41) is 0. The summed E-state index contributed by atoms with van der Waals surface area (Å²) < 4.78 is 5.85. The van der Waals surface area contributed by atoms with Crippen LogP contribution in [0.3, 0.4) is 0 Å². The number of allylic oxidation sites excluding steroid dienone is 2. The second kappa shape index (κ2) is 7.05. The van der Waals surface area contributed by atoms with Crippen molar-refractivity contribution in [2.24, 2.45) is 4.99 Å². The lowest BCUT2D eigenvalue weighted by Gasteiger charge is -2.15. The van der Waals surface area contributed by atoms with Gasteiger partial charge in [0.15, 0.2) is 5.78 Å². The van der Waals surface area contributed by atoms with Gasteiger partial charge in [0.05, 0.1) is 0 Å². The Morgan fingerprint density at radius 1 is 0.958 bits per heavy atom. The zero-order valence-corrected chi connectivity index (χ0v) is 14.8. The largest absolute Gasteiger partial charge is 0.457 e. The van der Waals surface area contributed by atoms with Crippen molar-refractivity contribution in [2.75, 3.05) is 6.26 Å². The van der Waals surface area contributed by atoms with E-state index in [1.165, 1.54) is 4.90 Å². The van der Waals surface area contributed by atoms with Crippen LogP contribution < -0.4 is 4.74 Å². The van der Waals surface area contributed by atoms with E-state index in [0.29, 0.717) is 12.0 Å². The molecule has 0 amide bonds. The minimum atomic E-state index is 0.126. The van der Waals surface area contributed by atoms with Crippen LogP contribution in [0.25, 0.3) is 5.57 Å². The van der Waals surface area contributed by atoms with E-state index in [1.54, 1.807) is 11.8 Å². The highest BCUT2D eigenvalue weighted by molar-refractivity contribution is 7.98. The molecule has 1 aliphatic heterocycles. The van der Waals surface area contributed by atoms with Gasteiger partial charge in [0, 0.05) is 28.3 Å². The Labute approximate surface area is 146 Å². The van der Waals surface area contributed by atoms with E-state index in [1.807, 2.05) is 68.6 Å². The molecule has 0 fully saturated rings. The van der Waals surface area contributed by atoms with E-state index < -0.39 is 0 Å². The standard InChI is InChI=1S/C20H19NO2S/c1-13-12-19(22)20(14(2)21-13)15-4-6-16(7-5-15)23-17-8-10-18(24-3)11-9-17/h4-11H,12H2,1-3H3. The number of carbonyl (C=O) groups excluding carboxylic acids is 1. The van der Waals surface area contributed by atoms with E-state index in [0.717, 1.165) is 28.5 Å². The number of rotatable bonds is 4. The highest BCUT2D eigenvalue weighted by Crippen LogP contribution is 2.29. The number of Topliss-reactive ketones (excluding diaryl/α,β-unsaturated/α-hetero) is 1. The fraction of sp³-hybridized carbons (Fsp3) is 0.200. The van der Waals surface area contributed by atoms with Gasteiger partial charge in [-0.25, -0.2) is 0 Å². The molecule has 2 aromatic rings. The Morgan fingerprint density at radius 3 is 2.08 bits per heavy atom. The number of ketones is 1. The Morgan fingerprint density at radius 2 is 1.54 bits per heavy atom. The maximum absolute atomic E-state index is 12.3. The van der Waals surface area contributed by atoms with Crippen LogP contribution >= 0.6 is 11.8 Å². The van der Waals surface area contributed by atoms with Crippen LogP contribution in [0.15, 0.2) is 64.1 Å². The van der Waals surface area contributed by atoms with Crippen molar-refractivity contribution in [2.45, 2.75) is 25.2 Å². The van der Waals surface area contributed by atoms with Gasteiger partial charge in [-0.3, -0.25) is 9.79 Å². The zero-order valence-electron chi connectivity index (χ0n) is 14.0. The Balaban J connectivity index is 1.80. The van der Waals surface area contributed by atoms with Gasteiger partial charge < -0.3 is 4.74 Å². The van der Waals surface area contributed by atoms with Gasteiger partial charge in [-0.15, -0.1) is 11.8 Å². The first-order valence-electron chi connectivity index (χ1n) is 7.77. The molecule has 3 nitrogen and oxygen atoms in total. The molecule has 0 aliphatic carbocycles. The van der Waals surface area contributed by atoms with Crippen molar-refractivity contribution < 1.29 is 9.53 Å². The summed E-state index contributed by atoms with van der Waals surface area (Å²) in [7, 11) is 0. The molecule has 1 aliphatic rings. The van der Waals surface area contributed by atoms with Gasteiger partial charge in [-0.05, 0) is 62.1 Å². The summed E-state index contributed by atoms with van der Waals surface area (Å²) in [6, 6.07) is 15.6. The van der Waals surface area contributed by atoms with Crippen molar-refractivity contribution in [1.82, 2.24) is 0 Å². The smallest absolute Gasteiger partial charge is 0.170 e. The van der Waals surface area contributed by atoms with Crippen molar-refractivity contribution in [3.8, 4) is 11.5 Å². The van der Waals surface area contributed by atoms with Crippen LogP contribution in [-0.2, 0) is 4.79 Å². The minimum Gasteiger partial charge on any atom is -0.457 e. The number of carbonyl (C=O) groups is 1. The predicted molar refractivity (Wildman–Crippen MR) is 100 cm³/mol. The maximum atomic E-state index is 12.3. The minimum absolute atomic E-state index is 0.126. The summed E-state index contributed by atoms with van der Waals surface area (Å²) in [5.74, 6) is 1.67. The molecule has 0 unspecified atom stereocenters. The third kappa shape index (κ3) is 3.60. The average molecular weight is 337 g/mol. The van der Waals surface area contributed by atoms with Crippen LogP contribution in [0.2, 0.25) is 0 Å². The van der Waals surface area contributed by atoms with E-state index >= 15 is 0 Å². The van der Waals surface area contributed by atoms with Crippen LogP contribution in [-0.4, -0.2) is 17.8 Å². The summed E-state index contributed by atoms with van der Waals surface area (Å²) in [6.45, 7) is 3.77. The SMILES string of the molecule is CSc1ccc(Oc2ccc(C3=C(C)N=C(C)CC3=O)cc2)cc1. The second-order valence-electron chi connectivity index (χ2n) is 5.71. The van der Waals surface area contributed by atoms with Crippen LogP contribution in [0.4, 0.5) is 0 Å². The first-order valence-corrected chi connectivity index (χ1v) is 9.00. The summed E-state index contributed by atoms with van der Waals surface area (Å²) in [5.41, 5.74) is 3.25. The summed E-state index contributed by atoms with van der Waals surface area (Å²) in [4.78, 5) is 17.9. The topological polar surface area (TPSA) is 38.7 Å². The summed E-state index contributed by atoms with van der Waals surface area (Å²) in [6.07, 6.45) is 2.44. The number of nitrogens with zero attached hydrogens (tertiary/aromatic N) is 1. The van der Waals surface area contributed by atoms with Crippen LogP contribution in [0, 0.1) is 0 Å². The molecule has 0 aromatic heterocycles. The van der Waals surface area contributed by atoms with E-state index in [2.05, 4.69) is 4.99 Å². The molecule has 0 saturated carbocycles. The van der Waals surface area contributed by atoms with Crippen molar-refractivity contribution >= 4 is 28.8 Å². The van der Waals surface area contributed by atoms with Gasteiger partial charge in [0.1, 0.15) is 11.5 Å². The Bertz CT molecular complexity index is 818. The predicted octanol–water partition coefficient (Wildman–Crippen LogP) is 5.37. The third-order valence-electron chi connectivity index (χ3n) is 3.85. The highest BCUT2D eigenvalue weighted by Gasteiger charge is 2.20. The highest BCUT2D eigenvalue weighted by atomic mass is 32.2. The Kier molecular flexibility index (Phi) is 4.86. The van der Waals surface area contributed by atoms with E-state index in [-0.39, 0.29) is 5.78 Å². The lowest BCUT2D eigenvalue weighted by molar-refractivity contribution is -0.112. The molecule has 0 atom stereocenters. The lowest BCUT2D eigenvalue weighted by atomic mass is 9.94. The third-order valence-corrected chi connectivity index (χ3v) is 4.60. The monoisotopic (exact) mass is 337 g/mol. The summed E-state index contributed by atoms with van der Waals surface area (Å²) >= 11 is 1.70. The van der Waals surface area contributed by atoms with Crippen molar-refractivity contribution in [1.29, 1.82) is 0 Å². The van der Waals surface area contributed by atoms with Gasteiger partial charge in [-0.1, -0.05) is 12.1 Å². The van der Waals surface area contributed by atoms with Gasteiger partial charge in [0.2, 0.25) is 0 Å². The molecular weight excluding hydrogens is 318 g/mol. The second-order valence-corrected chi connectivity index (χ2v) is 6.59. The molecular formula is C20H19NO2S. The van der Waals surface area contributed by atoms with Gasteiger partial charge in [-0.2, -0.15) is 0 Å². The van der Waals surface area contributed by atoms with Crippen LogP contribution in [0.5, 0.6) is 11.5 Å². The number of ether oxygens (including phenoxy) is 1. The van der Waals surface area contributed by atoms with Gasteiger partial charge >= 0.3 is 0 Å². The molecule has 0 radical (unpaired) electrons. The first kappa shape index (κ1) is 16.5. The molecule has 0 spiro atoms. The fourth-order valence-electron chi connectivity index (χ4n) is 2.74. The number of benzene rings is 2. The molecule has 0 N–H and O–H groups in total. The molecule has 1 heterocycles. The average Bonchev–Trinajstić information content (AvgIpc) is 2.56. The number of thioether (sulfide) groups is 1. The zero-order chi connectivity index (χ0) is 17.1. The fourth-order valence-corrected chi connectivity index (χ4v) is 3.15. The number of aliphatic imine (C=N–C) groups is 1. The van der Waals surface area contributed by atoms with Crippen molar-refractivity contribution in [3.05, 3.63) is 59.8 Å². The maximum Gasteiger partial charge on any atom is 0.170 e. The normalized spacial score (nSPS) is 14.6. The quantitative estimate of drug-likeness (QED) is 0.704. The number of hydrogen-bond acceptors (Lipinski definition) is 4. The Hall–Kier alpha value is -2.33. The lowest BCUT2D eigenvalue weighted by Crippen LogP contribution is -2.13. The molecule has 122 valence electrons. The molecule has 0 saturated heterocycles. The molecule has 24 heavy (non-hydrogen) atoms. The molecule has 3 rings (SSSR count). The van der Waals surface area contributed by atoms with Crippen LogP contribution in [0.1, 0.15) is 25.8 Å². The van der Waals surface area contributed by atoms with E-state index in [9.17, 15) is 4.79 Å². The molecule has 2 aromatic carbocycles. The van der Waals surface area contributed by atoms with E-state index in [4.69, 9.17) is 4.74 Å².